The lowest BCUT2D eigenvalue weighted by molar-refractivity contribution is 0.136. The maximum absolute atomic E-state index is 9.51. The van der Waals surface area contributed by atoms with Crippen molar-refractivity contribution < 1.29 is 5.11 Å². The largest absolute Gasteiger partial charge is 0.394 e. The van der Waals surface area contributed by atoms with Crippen LogP contribution in [0.1, 0.15) is 66.7 Å². The normalized spacial score (nSPS) is 19.1. The first-order valence-corrected chi connectivity index (χ1v) is 6.91. The molecule has 0 aliphatic carbocycles. The monoisotopic (exact) mass is 229 g/mol. The highest BCUT2D eigenvalue weighted by molar-refractivity contribution is 4.87. The van der Waals surface area contributed by atoms with Crippen LogP contribution in [0, 0.1) is 5.92 Å². The summed E-state index contributed by atoms with van der Waals surface area (Å²) in [6.45, 7) is 11.3. The molecule has 0 rings (SSSR count). The van der Waals surface area contributed by atoms with Gasteiger partial charge in [0.05, 0.1) is 6.61 Å². The van der Waals surface area contributed by atoms with Crippen molar-refractivity contribution in [3.05, 3.63) is 0 Å². The molecule has 0 amide bonds. The van der Waals surface area contributed by atoms with E-state index in [1.807, 2.05) is 0 Å². The van der Waals surface area contributed by atoms with Crippen molar-refractivity contribution in [2.45, 2.75) is 78.3 Å². The molecule has 2 heteroatoms. The second-order valence-corrected chi connectivity index (χ2v) is 5.39. The van der Waals surface area contributed by atoms with Crippen LogP contribution in [0.25, 0.3) is 0 Å². The third kappa shape index (κ3) is 5.31. The van der Waals surface area contributed by atoms with Gasteiger partial charge in [0.2, 0.25) is 0 Å². The fourth-order valence-corrected chi connectivity index (χ4v) is 2.50. The van der Waals surface area contributed by atoms with Gasteiger partial charge in [-0.2, -0.15) is 0 Å². The molecule has 2 N–H and O–H groups in total. The quantitative estimate of drug-likeness (QED) is 0.635. The topological polar surface area (TPSA) is 32.3 Å². The summed E-state index contributed by atoms with van der Waals surface area (Å²) in [6, 6.07) is 0.531. The third-order valence-corrected chi connectivity index (χ3v) is 3.56. The average molecular weight is 229 g/mol. The Bertz CT molecular complexity index is 172. The highest BCUT2D eigenvalue weighted by Crippen LogP contribution is 2.19. The average Bonchev–Trinajstić information content (AvgIpc) is 2.26. The minimum Gasteiger partial charge on any atom is -0.394 e. The third-order valence-electron chi connectivity index (χ3n) is 3.56. The van der Waals surface area contributed by atoms with Crippen molar-refractivity contribution in [2.24, 2.45) is 5.92 Å². The van der Waals surface area contributed by atoms with E-state index in [0.717, 1.165) is 19.3 Å². The number of nitrogens with one attached hydrogen (secondary N) is 1. The van der Waals surface area contributed by atoms with Crippen LogP contribution in [-0.4, -0.2) is 23.3 Å². The van der Waals surface area contributed by atoms with E-state index in [0.29, 0.717) is 12.0 Å². The van der Waals surface area contributed by atoms with Gasteiger partial charge in [-0.05, 0) is 32.1 Å². The summed E-state index contributed by atoms with van der Waals surface area (Å²) in [5, 5.41) is 13.2. The molecule has 0 bridgehead atoms. The van der Waals surface area contributed by atoms with E-state index in [9.17, 15) is 5.11 Å². The molecule has 3 atom stereocenters. The van der Waals surface area contributed by atoms with Crippen LogP contribution in [0.15, 0.2) is 0 Å². The molecule has 0 aromatic rings. The molecule has 16 heavy (non-hydrogen) atoms. The van der Waals surface area contributed by atoms with Crippen LogP contribution >= 0.6 is 0 Å². The van der Waals surface area contributed by atoms with Crippen LogP contribution in [0.5, 0.6) is 0 Å². The molecule has 0 fully saturated rings. The molecule has 0 spiro atoms. The minimum absolute atomic E-state index is 0.0998. The van der Waals surface area contributed by atoms with Gasteiger partial charge in [0, 0.05) is 11.6 Å². The Morgan fingerprint density at radius 3 is 2.19 bits per heavy atom. The summed E-state index contributed by atoms with van der Waals surface area (Å²) in [4.78, 5) is 0. The maximum atomic E-state index is 9.51. The molecule has 0 radical (unpaired) electrons. The van der Waals surface area contributed by atoms with Gasteiger partial charge >= 0.3 is 0 Å². The summed E-state index contributed by atoms with van der Waals surface area (Å²) < 4.78 is 0. The van der Waals surface area contributed by atoms with Crippen molar-refractivity contribution in [3.8, 4) is 0 Å². The van der Waals surface area contributed by atoms with Crippen molar-refractivity contribution >= 4 is 0 Å². The van der Waals surface area contributed by atoms with Crippen LogP contribution in [0.2, 0.25) is 0 Å². The zero-order chi connectivity index (χ0) is 12.6. The zero-order valence-corrected chi connectivity index (χ0v) is 11.8. The second kappa shape index (κ2) is 8.08. The fraction of sp³-hybridized carbons (Fsp3) is 1.00. The Labute approximate surface area is 102 Å². The Morgan fingerprint density at radius 1 is 1.19 bits per heavy atom. The second-order valence-electron chi connectivity index (χ2n) is 5.39. The highest BCUT2D eigenvalue weighted by atomic mass is 16.3. The summed E-state index contributed by atoms with van der Waals surface area (Å²) >= 11 is 0. The Morgan fingerprint density at radius 2 is 1.81 bits per heavy atom. The lowest BCUT2D eigenvalue weighted by Crippen LogP contribution is -2.52. The fourth-order valence-electron chi connectivity index (χ4n) is 2.50. The van der Waals surface area contributed by atoms with E-state index in [1.54, 1.807) is 0 Å². The van der Waals surface area contributed by atoms with Gasteiger partial charge in [-0.25, -0.2) is 0 Å². The predicted octanol–water partition coefficient (Wildman–Crippen LogP) is 3.34. The summed E-state index contributed by atoms with van der Waals surface area (Å²) in [7, 11) is 0. The van der Waals surface area contributed by atoms with Crippen molar-refractivity contribution in [1.29, 1.82) is 0 Å². The van der Waals surface area contributed by atoms with Gasteiger partial charge in [-0.1, -0.05) is 40.5 Å². The standard InChI is InChI=1S/C14H31NO/c1-6-9-12(4)13(8-3)15-14(5,11-16)10-7-2/h12-13,15-16H,6-11H2,1-5H3. The lowest BCUT2D eigenvalue weighted by Gasteiger charge is -2.36. The molecule has 0 aromatic carbocycles. The first kappa shape index (κ1) is 15.9. The molecule has 0 saturated heterocycles. The SMILES string of the molecule is CCCC(C)C(CC)NC(C)(CO)CCC. The van der Waals surface area contributed by atoms with Crippen molar-refractivity contribution in [1.82, 2.24) is 5.32 Å². The van der Waals surface area contributed by atoms with E-state index in [4.69, 9.17) is 0 Å². The smallest absolute Gasteiger partial charge is 0.0610 e. The molecular formula is C14H31NO. The highest BCUT2D eigenvalue weighted by Gasteiger charge is 2.27. The summed E-state index contributed by atoms with van der Waals surface area (Å²) in [5.41, 5.74) is -0.0998. The van der Waals surface area contributed by atoms with E-state index in [2.05, 4.69) is 39.9 Å². The van der Waals surface area contributed by atoms with Crippen molar-refractivity contribution in [2.75, 3.05) is 6.61 Å². The Balaban J connectivity index is 4.37. The molecule has 0 heterocycles. The first-order valence-electron chi connectivity index (χ1n) is 6.91. The van der Waals surface area contributed by atoms with Gasteiger partial charge in [-0.15, -0.1) is 0 Å². The van der Waals surface area contributed by atoms with Gasteiger partial charge in [0.25, 0.3) is 0 Å². The summed E-state index contributed by atoms with van der Waals surface area (Å²) in [5.74, 6) is 0.692. The van der Waals surface area contributed by atoms with Gasteiger partial charge < -0.3 is 10.4 Å². The Hall–Kier alpha value is -0.0800. The maximum Gasteiger partial charge on any atom is 0.0610 e. The number of hydrogen-bond acceptors (Lipinski definition) is 2. The number of aliphatic hydroxyl groups excluding tert-OH is 1. The summed E-state index contributed by atoms with van der Waals surface area (Å²) in [6.07, 6.45) is 5.80. The molecule has 0 saturated carbocycles. The first-order chi connectivity index (χ1) is 7.52. The van der Waals surface area contributed by atoms with Gasteiger partial charge in [0.1, 0.15) is 0 Å². The minimum atomic E-state index is -0.0998. The number of hydrogen-bond donors (Lipinski definition) is 2. The molecule has 98 valence electrons. The van der Waals surface area contributed by atoms with Crippen molar-refractivity contribution in [3.63, 3.8) is 0 Å². The van der Waals surface area contributed by atoms with Crippen LogP contribution in [0.3, 0.4) is 0 Å². The molecule has 0 aliphatic rings. The van der Waals surface area contributed by atoms with Crippen LogP contribution in [0.4, 0.5) is 0 Å². The van der Waals surface area contributed by atoms with Crippen LogP contribution < -0.4 is 5.32 Å². The van der Waals surface area contributed by atoms with Crippen LogP contribution in [-0.2, 0) is 0 Å². The lowest BCUT2D eigenvalue weighted by atomic mass is 9.89. The van der Waals surface area contributed by atoms with E-state index < -0.39 is 0 Å². The molecule has 2 nitrogen and oxygen atoms in total. The van der Waals surface area contributed by atoms with E-state index in [1.165, 1.54) is 12.8 Å². The molecule has 0 aliphatic heterocycles. The molecule has 3 unspecified atom stereocenters. The Kier molecular flexibility index (Phi) is 8.04. The van der Waals surface area contributed by atoms with Gasteiger partial charge in [0.15, 0.2) is 0 Å². The van der Waals surface area contributed by atoms with E-state index in [-0.39, 0.29) is 12.1 Å². The zero-order valence-electron chi connectivity index (χ0n) is 11.8. The van der Waals surface area contributed by atoms with E-state index >= 15 is 0 Å². The molecular weight excluding hydrogens is 198 g/mol. The van der Waals surface area contributed by atoms with Gasteiger partial charge in [-0.3, -0.25) is 0 Å². The number of rotatable bonds is 9. The predicted molar refractivity (Wildman–Crippen MR) is 71.7 cm³/mol. The molecule has 0 aromatic heterocycles. The number of aliphatic hydroxyl groups is 1.